The van der Waals surface area contributed by atoms with Crippen molar-refractivity contribution in [3.05, 3.63) is 163 Å². The normalized spacial score (nSPS) is 13.3. The molecule has 8 aromatic carbocycles. The third-order valence-electron chi connectivity index (χ3n) is 11.3. The van der Waals surface area contributed by atoms with E-state index in [9.17, 15) is 0 Å². The molecule has 51 heavy (non-hydrogen) atoms. The number of hydrogen-bond acceptors (Lipinski definition) is 1. The third kappa shape index (κ3) is 3.62. The van der Waals surface area contributed by atoms with Gasteiger partial charge in [0.1, 0.15) is 11.2 Å². The smallest absolute Gasteiger partial charge is 0.145 e. The molecule has 3 nitrogen and oxygen atoms in total. The van der Waals surface area contributed by atoms with Crippen LogP contribution >= 0.6 is 0 Å². The molecule has 0 unspecified atom stereocenters. The molecule has 238 valence electrons. The summed E-state index contributed by atoms with van der Waals surface area (Å²) in [7, 11) is 0. The van der Waals surface area contributed by atoms with E-state index in [1.165, 1.54) is 65.6 Å². The first-order valence-electron chi connectivity index (χ1n) is 17.8. The van der Waals surface area contributed by atoms with E-state index in [0.717, 1.165) is 56.9 Å². The van der Waals surface area contributed by atoms with Crippen LogP contribution in [-0.4, -0.2) is 9.13 Å². The first-order valence-corrected chi connectivity index (χ1v) is 17.8. The molecule has 0 atom stereocenters. The van der Waals surface area contributed by atoms with Crippen molar-refractivity contribution in [3.8, 4) is 11.4 Å². The van der Waals surface area contributed by atoms with Crippen molar-refractivity contribution in [3.63, 3.8) is 0 Å². The number of hydrogen-bond donors (Lipinski definition) is 0. The van der Waals surface area contributed by atoms with Gasteiger partial charge < -0.3 is 13.6 Å². The van der Waals surface area contributed by atoms with E-state index in [1.54, 1.807) is 0 Å². The molecule has 0 radical (unpaired) electrons. The lowest BCUT2D eigenvalue weighted by Gasteiger charge is -2.19. The van der Waals surface area contributed by atoms with Gasteiger partial charge in [0.15, 0.2) is 0 Å². The second-order valence-corrected chi connectivity index (χ2v) is 14.0. The zero-order valence-electron chi connectivity index (χ0n) is 27.7. The lowest BCUT2D eigenvalue weighted by molar-refractivity contribution is 0.673. The molecule has 1 aliphatic carbocycles. The predicted molar refractivity (Wildman–Crippen MR) is 215 cm³/mol. The fourth-order valence-corrected chi connectivity index (χ4v) is 9.18. The zero-order chi connectivity index (χ0) is 33.2. The topological polar surface area (TPSA) is 23.0 Å². The highest BCUT2D eigenvalue weighted by molar-refractivity contribution is 6.27. The summed E-state index contributed by atoms with van der Waals surface area (Å²) in [5, 5.41) is 12.5. The summed E-state index contributed by atoms with van der Waals surface area (Å²) in [4.78, 5) is 0. The second kappa shape index (κ2) is 9.99. The highest BCUT2D eigenvalue weighted by Crippen LogP contribution is 2.44. The Morgan fingerprint density at radius 3 is 2.04 bits per heavy atom. The van der Waals surface area contributed by atoms with Crippen LogP contribution in [0.1, 0.15) is 17.5 Å². The van der Waals surface area contributed by atoms with Gasteiger partial charge >= 0.3 is 0 Å². The maximum Gasteiger partial charge on any atom is 0.145 e. The van der Waals surface area contributed by atoms with Crippen molar-refractivity contribution in [2.24, 2.45) is 0 Å². The quantitative estimate of drug-likeness (QED) is 0.171. The van der Waals surface area contributed by atoms with Crippen LogP contribution in [0.4, 0.5) is 0 Å². The fraction of sp³-hybridized carbons (Fsp3) is 0.0417. The SMILES string of the molecule is C1=Cc2c(c3cc(-n4c5ccccc5c5cc6c7c8oc9ccccc9c8ccc7n(-c7ccccc7)c6cc54)ccc3c3ccccc23)CC1. The van der Waals surface area contributed by atoms with Crippen molar-refractivity contribution in [2.75, 3.05) is 0 Å². The average Bonchev–Trinajstić information content (AvgIpc) is 3.84. The second-order valence-electron chi connectivity index (χ2n) is 14.0. The number of furan rings is 1. The Balaban J connectivity index is 1.23. The minimum absolute atomic E-state index is 0.917. The minimum Gasteiger partial charge on any atom is -0.455 e. The number of nitrogens with zero attached hydrogens (tertiary/aromatic N) is 2. The molecule has 12 rings (SSSR count). The number of para-hydroxylation sites is 3. The van der Waals surface area contributed by atoms with Crippen molar-refractivity contribution < 1.29 is 4.42 Å². The Bertz CT molecular complexity index is 3300. The Labute approximate surface area is 292 Å². The van der Waals surface area contributed by atoms with Crippen molar-refractivity contribution in [1.82, 2.24) is 9.13 Å². The van der Waals surface area contributed by atoms with Crippen LogP contribution in [0.2, 0.25) is 0 Å². The summed E-state index contributed by atoms with van der Waals surface area (Å²) in [6, 6.07) is 53.3. The maximum atomic E-state index is 6.69. The first kappa shape index (κ1) is 27.3. The summed E-state index contributed by atoms with van der Waals surface area (Å²) in [5.41, 5.74) is 11.7. The highest BCUT2D eigenvalue weighted by atomic mass is 16.3. The molecule has 0 amide bonds. The van der Waals surface area contributed by atoms with E-state index >= 15 is 0 Å². The zero-order valence-corrected chi connectivity index (χ0v) is 27.7. The molecular formula is C48H30N2O. The van der Waals surface area contributed by atoms with Crippen LogP contribution in [0, 0.1) is 0 Å². The Morgan fingerprint density at radius 1 is 0.431 bits per heavy atom. The molecular weight excluding hydrogens is 621 g/mol. The standard InChI is InChI=1S/C48H30N2O/c1-2-12-29(13-3-1)49-43-25-24-38-37-19-9-11-21-46(37)51-48(38)47(43)41-27-40-36-18-8-10-20-42(36)50(44(40)28-45(41)49)30-22-23-35-33-16-5-4-14-31(33)32-15-6-7-17-34(32)39(35)26-30/h1-6,8-16,18-28H,7,17H2. The van der Waals surface area contributed by atoms with Gasteiger partial charge in [-0.3, -0.25) is 0 Å². The summed E-state index contributed by atoms with van der Waals surface area (Å²) in [6.07, 6.45) is 6.79. The van der Waals surface area contributed by atoms with Crippen LogP contribution < -0.4 is 0 Å². The van der Waals surface area contributed by atoms with E-state index in [4.69, 9.17) is 4.42 Å². The van der Waals surface area contributed by atoms with Gasteiger partial charge in [-0.2, -0.15) is 0 Å². The summed E-state index contributed by atoms with van der Waals surface area (Å²) < 4.78 is 11.6. The Hall–Kier alpha value is -6.58. The van der Waals surface area contributed by atoms with Crippen LogP contribution in [0.3, 0.4) is 0 Å². The van der Waals surface area contributed by atoms with Gasteiger partial charge in [0, 0.05) is 38.3 Å². The molecule has 0 bridgehead atoms. The molecule has 3 heterocycles. The highest BCUT2D eigenvalue weighted by Gasteiger charge is 2.23. The minimum atomic E-state index is 0.917. The maximum absolute atomic E-state index is 6.69. The predicted octanol–water partition coefficient (Wildman–Crippen LogP) is 13.0. The largest absolute Gasteiger partial charge is 0.455 e. The van der Waals surface area contributed by atoms with Gasteiger partial charge in [0.25, 0.3) is 0 Å². The lowest BCUT2D eigenvalue weighted by atomic mass is 9.86. The molecule has 11 aromatic rings. The lowest BCUT2D eigenvalue weighted by Crippen LogP contribution is -2.00. The Morgan fingerprint density at radius 2 is 1.14 bits per heavy atom. The molecule has 3 heteroatoms. The molecule has 0 N–H and O–H groups in total. The fourth-order valence-electron chi connectivity index (χ4n) is 9.18. The summed E-state index contributed by atoms with van der Waals surface area (Å²) >= 11 is 0. The number of fused-ring (bicyclic) bond motifs is 16. The van der Waals surface area contributed by atoms with E-state index in [2.05, 4.69) is 167 Å². The molecule has 0 aliphatic heterocycles. The molecule has 0 spiro atoms. The average molecular weight is 651 g/mol. The monoisotopic (exact) mass is 650 g/mol. The van der Waals surface area contributed by atoms with Gasteiger partial charge in [0.2, 0.25) is 0 Å². The van der Waals surface area contributed by atoms with Crippen LogP contribution in [0.25, 0.3) is 105 Å². The van der Waals surface area contributed by atoms with Gasteiger partial charge in [-0.1, -0.05) is 97.1 Å². The summed E-state index contributed by atoms with van der Waals surface area (Å²) in [6.45, 7) is 0. The van der Waals surface area contributed by atoms with E-state index in [-0.39, 0.29) is 0 Å². The first-order chi connectivity index (χ1) is 25.3. The van der Waals surface area contributed by atoms with Crippen LogP contribution in [0.15, 0.2) is 156 Å². The van der Waals surface area contributed by atoms with Crippen LogP contribution in [0.5, 0.6) is 0 Å². The van der Waals surface area contributed by atoms with Crippen molar-refractivity contribution in [1.29, 1.82) is 0 Å². The number of benzene rings is 8. The molecule has 1 aliphatic rings. The van der Waals surface area contributed by atoms with E-state index in [0.29, 0.717) is 0 Å². The number of allylic oxidation sites excluding steroid dienone is 1. The third-order valence-corrected chi connectivity index (χ3v) is 11.3. The number of aryl methyl sites for hydroxylation is 1. The number of rotatable bonds is 2. The van der Waals surface area contributed by atoms with Gasteiger partial charge in [-0.05, 0) is 106 Å². The van der Waals surface area contributed by atoms with Gasteiger partial charge in [0.05, 0.1) is 27.5 Å². The molecule has 0 saturated heterocycles. The number of aromatic nitrogens is 2. The van der Waals surface area contributed by atoms with Gasteiger partial charge in [-0.25, -0.2) is 0 Å². The van der Waals surface area contributed by atoms with E-state index in [1.807, 2.05) is 0 Å². The summed E-state index contributed by atoms with van der Waals surface area (Å²) in [5.74, 6) is 0. The van der Waals surface area contributed by atoms with Crippen LogP contribution in [-0.2, 0) is 6.42 Å². The molecule has 3 aromatic heterocycles. The van der Waals surface area contributed by atoms with E-state index < -0.39 is 0 Å². The van der Waals surface area contributed by atoms with Crippen molar-refractivity contribution in [2.45, 2.75) is 12.8 Å². The molecule has 0 saturated carbocycles. The molecule has 0 fully saturated rings. The Kier molecular flexibility index (Phi) is 5.34. The van der Waals surface area contributed by atoms with Crippen molar-refractivity contribution >= 4 is 93.2 Å². The van der Waals surface area contributed by atoms with Gasteiger partial charge in [-0.15, -0.1) is 0 Å².